The van der Waals surface area contributed by atoms with Crippen LogP contribution in [0.4, 0.5) is 9.93 Å². The van der Waals surface area contributed by atoms with E-state index in [1.54, 1.807) is 24.3 Å². The summed E-state index contributed by atoms with van der Waals surface area (Å²) in [5.74, 6) is -0.182. The summed E-state index contributed by atoms with van der Waals surface area (Å²) in [6, 6.07) is 14.9. The Labute approximate surface area is 215 Å². The van der Waals surface area contributed by atoms with Gasteiger partial charge in [0.1, 0.15) is 5.60 Å². The summed E-state index contributed by atoms with van der Waals surface area (Å²) in [6.07, 6.45) is 2.97. The normalized spacial score (nSPS) is 11.8. The molecule has 3 N–H and O–H groups in total. The number of nitrogens with zero attached hydrogens (tertiary/aromatic N) is 1. The van der Waals surface area contributed by atoms with Gasteiger partial charge in [-0.05, 0) is 55.5 Å². The maximum atomic E-state index is 11.7. The number of hydrogen-bond donors (Lipinski definition) is 2. The quantitative estimate of drug-likeness (QED) is 0.403. The smallest absolute Gasteiger partial charge is 0.405 e. The first-order valence-electron chi connectivity index (χ1n) is 11.4. The fraction of sp³-hybridized carbons (Fsp3) is 0.346. The predicted octanol–water partition coefficient (Wildman–Crippen LogP) is 4.30. The molecule has 0 aliphatic heterocycles. The predicted molar refractivity (Wildman–Crippen MR) is 141 cm³/mol. The van der Waals surface area contributed by atoms with Crippen molar-refractivity contribution in [2.75, 3.05) is 11.6 Å². The topological polar surface area (TPSA) is 128 Å². The number of nitrogens with one attached hydrogen (secondary N) is 1. The van der Waals surface area contributed by atoms with E-state index in [2.05, 4.69) is 10.3 Å². The molecule has 0 spiro atoms. The van der Waals surface area contributed by atoms with Crippen LogP contribution in [0.25, 0.3) is 0 Å². The van der Waals surface area contributed by atoms with E-state index in [-0.39, 0.29) is 10.8 Å². The summed E-state index contributed by atoms with van der Waals surface area (Å²) < 4.78 is 28.6. The molecule has 2 amide bonds. The Morgan fingerprint density at radius 3 is 2.14 bits per heavy atom. The first kappa shape index (κ1) is 27.3. The number of rotatable bonds is 10. The van der Waals surface area contributed by atoms with Crippen LogP contribution in [0.1, 0.15) is 48.0 Å². The second kappa shape index (κ2) is 11.2. The number of ether oxygens (including phenoxy) is 1. The molecule has 1 aromatic heterocycles. The Morgan fingerprint density at radius 1 is 1.00 bits per heavy atom. The molecule has 10 heteroatoms. The van der Waals surface area contributed by atoms with Crippen molar-refractivity contribution in [1.29, 1.82) is 0 Å². The highest BCUT2D eigenvalue weighted by molar-refractivity contribution is 7.90. The third kappa shape index (κ3) is 8.17. The van der Waals surface area contributed by atoms with Crippen LogP contribution in [0.2, 0.25) is 0 Å². The van der Waals surface area contributed by atoms with Crippen LogP contribution in [-0.4, -0.2) is 37.3 Å². The van der Waals surface area contributed by atoms with E-state index in [1.807, 2.05) is 38.1 Å². The van der Waals surface area contributed by atoms with Gasteiger partial charge in [-0.3, -0.25) is 4.79 Å². The van der Waals surface area contributed by atoms with Crippen LogP contribution in [-0.2, 0) is 45.1 Å². The molecule has 0 atom stereocenters. The summed E-state index contributed by atoms with van der Waals surface area (Å²) in [5.41, 5.74) is 8.48. The van der Waals surface area contributed by atoms with Gasteiger partial charge in [0, 0.05) is 30.9 Å². The van der Waals surface area contributed by atoms with E-state index < -0.39 is 21.5 Å². The standard InChI is InChI=1S/C26H31N3O5S2/c1-17(30)28-25-29-22(23(35-25)15-19-9-12-21(13-10-19)36(4,32)33)14-11-18-5-7-20(8-6-18)16-26(2,3)34-24(27)31/h5-10,12-13H,11,14-16H2,1-4H3,(H2,27,31)(H,28,29,30). The summed E-state index contributed by atoms with van der Waals surface area (Å²) >= 11 is 1.43. The minimum absolute atomic E-state index is 0.182. The summed E-state index contributed by atoms with van der Waals surface area (Å²) in [6.45, 7) is 5.08. The van der Waals surface area contributed by atoms with Gasteiger partial charge in [-0.15, -0.1) is 11.3 Å². The molecule has 0 radical (unpaired) electrons. The zero-order chi connectivity index (χ0) is 26.5. The number of carbonyl (C=O) groups excluding carboxylic acids is 2. The molecule has 1 heterocycles. The maximum absolute atomic E-state index is 11.7. The number of amides is 2. The average molecular weight is 530 g/mol. The lowest BCUT2D eigenvalue weighted by atomic mass is 9.96. The van der Waals surface area contributed by atoms with Crippen LogP contribution < -0.4 is 11.1 Å². The minimum atomic E-state index is -3.25. The molecule has 3 rings (SSSR count). The molecule has 0 saturated heterocycles. The lowest BCUT2D eigenvalue weighted by Crippen LogP contribution is -2.33. The molecular formula is C26H31N3O5S2. The highest BCUT2D eigenvalue weighted by Gasteiger charge is 2.22. The van der Waals surface area contributed by atoms with Crippen molar-refractivity contribution in [3.63, 3.8) is 0 Å². The molecule has 0 aliphatic carbocycles. The summed E-state index contributed by atoms with van der Waals surface area (Å²) in [4.78, 5) is 28.6. The van der Waals surface area contributed by atoms with Crippen molar-refractivity contribution < 1.29 is 22.7 Å². The van der Waals surface area contributed by atoms with Crippen LogP contribution in [0, 0.1) is 0 Å². The highest BCUT2D eigenvalue weighted by Crippen LogP contribution is 2.28. The molecule has 0 aliphatic rings. The summed E-state index contributed by atoms with van der Waals surface area (Å²) in [5, 5.41) is 3.31. The molecule has 36 heavy (non-hydrogen) atoms. The Kier molecular flexibility index (Phi) is 8.52. The van der Waals surface area contributed by atoms with Gasteiger partial charge in [-0.25, -0.2) is 18.2 Å². The first-order valence-corrected chi connectivity index (χ1v) is 14.1. The molecule has 3 aromatic rings. The fourth-order valence-corrected chi connectivity index (χ4v) is 5.57. The largest absolute Gasteiger partial charge is 0.443 e. The third-order valence-corrected chi connectivity index (χ3v) is 7.60. The lowest BCUT2D eigenvalue weighted by molar-refractivity contribution is -0.114. The molecule has 0 saturated carbocycles. The molecular weight excluding hydrogens is 498 g/mol. The number of primary amides is 1. The number of sulfone groups is 1. The number of hydrogen-bond acceptors (Lipinski definition) is 7. The monoisotopic (exact) mass is 529 g/mol. The zero-order valence-electron chi connectivity index (χ0n) is 20.8. The number of anilines is 1. The van der Waals surface area contributed by atoms with Crippen LogP contribution in [0.15, 0.2) is 53.4 Å². The Bertz CT molecular complexity index is 1330. The van der Waals surface area contributed by atoms with Crippen molar-refractivity contribution >= 4 is 38.3 Å². The van der Waals surface area contributed by atoms with Crippen molar-refractivity contribution in [2.45, 2.75) is 57.0 Å². The number of nitrogens with two attached hydrogens (primary N) is 1. The van der Waals surface area contributed by atoms with Gasteiger partial charge in [0.25, 0.3) is 0 Å². The van der Waals surface area contributed by atoms with Crippen LogP contribution in [0.3, 0.4) is 0 Å². The van der Waals surface area contributed by atoms with Gasteiger partial charge < -0.3 is 15.8 Å². The van der Waals surface area contributed by atoms with E-state index in [9.17, 15) is 18.0 Å². The number of thiazole rings is 1. The minimum Gasteiger partial charge on any atom is -0.443 e. The number of benzene rings is 2. The van der Waals surface area contributed by atoms with E-state index in [0.29, 0.717) is 24.4 Å². The molecule has 0 bridgehead atoms. The second-order valence-corrected chi connectivity index (χ2v) is 12.4. The lowest BCUT2D eigenvalue weighted by Gasteiger charge is -2.24. The third-order valence-electron chi connectivity index (χ3n) is 5.46. The number of aromatic nitrogens is 1. The van der Waals surface area contributed by atoms with Gasteiger partial charge in [0.15, 0.2) is 15.0 Å². The van der Waals surface area contributed by atoms with Crippen molar-refractivity contribution in [1.82, 2.24) is 4.98 Å². The fourth-order valence-electron chi connectivity index (χ4n) is 3.85. The average Bonchev–Trinajstić information content (AvgIpc) is 3.12. The van der Waals surface area contributed by atoms with Gasteiger partial charge in [-0.1, -0.05) is 36.4 Å². The number of aryl methyl sites for hydroxylation is 2. The number of carbonyl (C=O) groups is 2. The SMILES string of the molecule is CC(=O)Nc1nc(CCc2ccc(CC(C)(C)OC(N)=O)cc2)c(Cc2ccc(S(C)(=O)=O)cc2)s1. The van der Waals surface area contributed by atoms with Gasteiger partial charge in [-0.2, -0.15) is 0 Å². The van der Waals surface area contributed by atoms with Gasteiger partial charge in [0.2, 0.25) is 5.91 Å². The van der Waals surface area contributed by atoms with Crippen molar-refractivity contribution in [3.05, 3.63) is 75.8 Å². The first-order chi connectivity index (χ1) is 16.8. The Morgan fingerprint density at radius 2 is 1.58 bits per heavy atom. The highest BCUT2D eigenvalue weighted by atomic mass is 32.2. The van der Waals surface area contributed by atoms with Crippen molar-refractivity contribution in [2.24, 2.45) is 5.73 Å². The molecule has 0 unspecified atom stereocenters. The van der Waals surface area contributed by atoms with E-state index in [4.69, 9.17) is 10.5 Å². The molecule has 192 valence electrons. The maximum Gasteiger partial charge on any atom is 0.405 e. The van der Waals surface area contributed by atoms with E-state index in [1.165, 1.54) is 24.5 Å². The van der Waals surface area contributed by atoms with Gasteiger partial charge in [0.05, 0.1) is 10.6 Å². The van der Waals surface area contributed by atoms with Gasteiger partial charge >= 0.3 is 6.09 Å². The summed E-state index contributed by atoms with van der Waals surface area (Å²) in [7, 11) is -3.25. The second-order valence-electron chi connectivity index (χ2n) is 9.34. The Balaban J connectivity index is 1.72. The zero-order valence-corrected chi connectivity index (χ0v) is 22.5. The van der Waals surface area contributed by atoms with Crippen molar-refractivity contribution in [3.8, 4) is 0 Å². The Hall–Kier alpha value is -3.24. The van der Waals surface area contributed by atoms with Crippen LogP contribution in [0.5, 0.6) is 0 Å². The molecule has 8 nitrogen and oxygen atoms in total. The van der Waals surface area contributed by atoms with Crippen LogP contribution >= 0.6 is 11.3 Å². The molecule has 2 aromatic carbocycles. The van der Waals surface area contributed by atoms with E-state index in [0.717, 1.165) is 33.7 Å². The molecule has 0 fully saturated rings. The van der Waals surface area contributed by atoms with E-state index >= 15 is 0 Å².